The van der Waals surface area contributed by atoms with Crippen LogP contribution in [0.5, 0.6) is 5.75 Å². The van der Waals surface area contributed by atoms with Gasteiger partial charge < -0.3 is 14.6 Å². The van der Waals surface area contributed by atoms with Crippen LogP contribution in [0.2, 0.25) is 0 Å². The fraction of sp³-hybridized carbons (Fsp3) is 0.182. The number of phenols is 1. The summed E-state index contributed by atoms with van der Waals surface area (Å²) in [5.41, 5.74) is 0.795. The van der Waals surface area contributed by atoms with E-state index in [2.05, 4.69) is 11.3 Å². The second kappa shape index (κ2) is 4.50. The Kier molecular flexibility index (Phi) is 3.33. The summed E-state index contributed by atoms with van der Waals surface area (Å²) < 4.78 is 9.44. The van der Waals surface area contributed by atoms with Crippen LogP contribution in [-0.2, 0) is 9.47 Å². The van der Waals surface area contributed by atoms with Crippen LogP contribution in [-0.4, -0.2) is 25.3 Å². The van der Waals surface area contributed by atoms with Crippen molar-refractivity contribution in [2.75, 3.05) is 14.2 Å². The molecule has 0 fully saturated rings. The van der Waals surface area contributed by atoms with Crippen LogP contribution in [0, 0.1) is 0 Å². The molecule has 0 aromatic heterocycles. The topological polar surface area (TPSA) is 55.8 Å². The molecule has 0 saturated carbocycles. The highest BCUT2D eigenvalue weighted by Gasteiger charge is 2.10. The number of aromatic hydroxyl groups is 1. The zero-order chi connectivity index (χ0) is 11.4. The lowest BCUT2D eigenvalue weighted by Crippen LogP contribution is -2.01. The van der Waals surface area contributed by atoms with Gasteiger partial charge in [-0.05, 0) is 18.2 Å². The van der Waals surface area contributed by atoms with E-state index < -0.39 is 5.97 Å². The van der Waals surface area contributed by atoms with Crippen molar-refractivity contribution < 1.29 is 19.4 Å². The summed E-state index contributed by atoms with van der Waals surface area (Å²) in [6, 6.07) is 4.31. The van der Waals surface area contributed by atoms with Gasteiger partial charge in [-0.1, -0.05) is 6.58 Å². The average Bonchev–Trinajstić information content (AvgIpc) is 2.26. The molecule has 1 rings (SSSR count). The van der Waals surface area contributed by atoms with E-state index in [1.54, 1.807) is 0 Å². The maximum Gasteiger partial charge on any atom is 0.338 e. The smallest absolute Gasteiger partial charge is 0.338 e. The number of phenolic OH excluding ortho intramolecular Hbond substituents is 1. The summed E-state index contributed by atoms with van der Waals surface area (Å²) in [5, 5.41) is 9.38. The first-order valence-corrected chi connectivity index (χ1v) is 4.24. The number of ether oxygens (including phenoxy) is 2. The molecular formula is C11H12O4. The van der Waals surface area contributed by atoms with Gasteiger partial charge in [0, 0.05) is 5.56 Å². The molecule has 0 atom stereocenters. The van der Waals surface area contributed by atoms with Crippen molar-refractivity contribution >= 4 is 11.7 Å². The highest BCUT2D eigenvalue weighted by atomic mass is 16.5. The molecule has 0 unspecified atom stereocenters. The summed E-state index contributed by atoms with van der Waals surface area (Å²) in [7, 11) is 2.74. The first-order valence-electron chi connectivity index (χ1n) is 4.24. The van der Waals surface area contributed by atoms with Crippen LogP contribution in [0.15, 0.2) is 24.8 Å². The highest BCUT2D eigenvalue weighted by Crippen LogP contribution is 2.21. The fourth-order valence-corrected chi connectivity index (χ4v) is 1.13. The third kappa shape index (κ3) is 2.49. The van der Waals surface area contributed by atoms with E-state index in [1.807, 2.05) is 0 Å². The SMILES string of the molecule is C=C(OC)c1cc(O)cc(C(=O)OC)c1. The van der Waals surface area contributed by atoms with Crippen molar-refractivity contribution in [1.29, 1.82) is 0 Å². The second-order valence-electron chi connectivity index (χ2n) is 2.89. The minimum atomic E-state index is -0.518. The van der Waals surface area contributed by atoms with Gasteiger partial charge in [0.1, 0.15) is 11.5 Å². The van der Waals surface area contributed by atoms with Crippen LogP contribution in [0.25, 0.3) is 5.76 Å². The number of esters is 1. The largest absolute Gasteiger partial charge is 0.508 e. The average molecular weight is 208 g/mol. The molecule has 1 N–H and O–H groups in total. The first-order chi connectivity index (χ1) is 7.08. The maximum atomic E-state index is 11.2. The lowest BCUT2D eigenvalue weighted by atomic mass is 10.1. The van der Waals surface area contributed by atoms with Crippen molar-refractivity contribution in [3.05, 3.63) is 35.9 Å². The lowest BCUT2D eigenvalue weighted by molar-refractivity contribution is 0.0600. The minimum Gasteiger partial charge on any atom is -0.508 e. The summed E-state index contributed by atoms with van der Waals surface area (Å²) >= 11 is 0. The zero-order valence-electron chi connectivity index (χ0n) is 8.61. The van der Waals surface area contributed by atoms with Crippen molar-refractivity contribution in [2.24, 2.45) is 0 Å². The van der Waals surface area contributed by atoms with E-state index in [1.165, 1.54) is 32.4 Å². The van der Waals surface area contributed by atoms with E-state index in [0.29, 0.717) is 11.3 Å². The first kappa shape index (κ1) is 11.1. The predicted octanol–water partition coefficient (Wildman–Crippen LogP) is 1.80. The molecule has 4 nitrogen and oxygen atoms in total. The second-order valence-corrected chi connectivity index (χ2v) is 2.89. The molecule has 0 aliphatic heterocycles. The Hall–Kier alpha value is -1.97. The number of methoxy groups -OCH3 is 2. The Balaban J connectivity index is 3.16. The summed E-state index contributed by atoms with van der Waals surface area (Å²) in [4.78, 5) is 11.2. The van der Waals surface area contributed by atoms with Crippen LogP contribution in [0.1, 0.15) is 15.9 Å². The molecule has 0 spiro atoms. The number of rotatable bonds is 3. The van der Waals surface area contributed by atoms with Gasteiger partial charge in [-0.2, -0.15) is 0 Å². The molecule has 0 aliphatic carbocycles. The van der Waals surface area contributed by atoms with Crippen LogP contribution < -0.4 is 0 Å². The lowest BCUT2D eigenvalue weighted by Gasteiger charge is -2.07. The number of hydrogen-bond donors (Lipinski definition) is 1. The maximum absolute atomic E-state index is 11.2. The number of carbonyl (C=O) groups is 1. The Labute approximate surface area is 87.7 Å². The van der Waals surface area contributed by atoms with Crippen molar-refractivity contribution in [2.45, 2.75) is 0 Å². The fourth-order valence-electron chi connectivity index (χ4n) is 1.13. The highest BCUT2D eigenvalue weighted by molar-refractivity contribution is 5.90. The van der Waals surface area contributed by atoms with Gasteiger partial charge >= 0.3 is 5.97 Å². The molecule has 80 valence electrons. The van der Waals surface area contributed by atoms with E-state index in [4.69, 9.17) is 4.74 Å². The molecule has 0 radical (unpaired) electrons. The van der Waals surface area contributed by atoms with Gasteiger partial charge in [0.05, 0.1) is 19.8 Å². The third-order valence-electron chi connectivity index (χ3n) is 1.91. The minimum absolute atomic E-state index is 0.0360. The molecule has 1 aromatic rings. The molecular weight excluding hydrogens is 196 g/mol. The number of hydrogen-bond acceptors (Lipinski definition) is 4. The molecule has 0 bridgehead atoms. The number of benzene rings is 1. The molecule has 0 aliphatic rings. The van der Waals surface area contributed by atoms with Crippen molar-refractivity contribution in [3.63, 3.8) is 0 Å². The third-order valence-corrected chi connectivity index (χ3v) is 1.91. The zero-order valence-corrected chi connectivity index (χ0v) is 8.61. The molecule has 4 heteroatoms. The normalized spacial score (nSPS) is 9.47. The van der Waals surface area contributed by atoms with Gasteiger partial charge in [0.25, 0.3) is 0 Å². The summed E-state index contributed by atoms with van der Waals surface area (Å²) in [5.74, 6) is -0.182. The molecule has 0 amide bonds. The van der Waals surface area contributed by atoms with E-state index in [9.17, 15) is 9.90 Å². The Morgan fingerprint density at radius 1 is 1.20 bits per heavy atom. The summed E-state index contributed by atoms with van der Waals surface area (Å²) in [6.07, 6.45) is 0. The quantitative estimate of drug-likeness (QED) is 0.607. The van der Waals surface area contributed by atoms with Crippen LogP contribution in [0.3, 0.4) is 0 Å². The van der Waals surface area contributed by atoms with Crippen LogP contribution in [0.4, 0.5) is 0 Å². The Morgan fingerprint density at radius 3 is 2.33 bits per heavy atom. The predicted molar refractivity (Wildman–Crippen MR) is 55.5 cm³/mol. The Bertz CT molecular complexity index is 361. The van der Waals surface area contributed by atoms with Crippen molar-refractivity contribution in [3.8, 4) is 5.75 Å². The standard InChI is InChI=1S/C11H12O4/c1-7(14-2)8-4-9(11(13)15-3)6-10(12)5-8/h4-6,12H,1H2,2-3H3. The number of carbonyl (C=O) groups excluding carboxylic acids is 1. The van der Waals surface area contributed by atoms with E-state index in [-0.39, 0.29) is 11.3 Å². The Morgan fingerprint density at radius 2 is 1.80 bits per heavy atom. The van der Waals surface area contributed by atoms with Gasteiger partial charge in [-0.25, -0.2) is 4.79 Å². The summed E-state index contributed by atoms with van der Waals surface area (Å²) in [6.45, 7) is 3.63. The monoisotopic (exact) mass is 208 g/mol. The van der Waals surface area contributed by atoms with Gasteiger partial charge in [0.2, 0.25) is 0 Å². The molecule has 0 heterocycles. The molecule has 1 aromatic carbocycles. The molecule has 15 heavy (non-hydrogen) atoms. The van der Waals surface area contributed by atoms with E-state index in [0.717, 1.165) is 0 Å². The van der Waals surface area contributed by atoms with Gasteiger partial charge in [0.15, 0.2) is 0 Å². The van der Waals surface area contributed by atoms with Crippen LogP contribution >= 0.6 is 0 Å². The van der Waals surface area contributed by atoms with Gasteiger partial charge in [-0.3, -0.25) is 0 Å². The van der Waals surface area contributed by atoms with E-state index >= 15 is 0 Å². The van der Waals surface area contributed by atoms with Crippen molar-refractivity contribution in [1.82, 2.24) is 0 Å². The molecule has 0 saturated heterocycles. The van der Waals surface area contributed by atoms with Gasteiger partial charge in [-0.15, -0.1) is 0 Å².